The van der Waals surface area contributed by atoms with Gasteiger partial charge in [0.25, 0.3) is 5.56 Å². The molecule has 0 saturated carbocycles. The van der Waals surface area contributed by atoms with Crippen LogP contribution in [-0.4, -0.2) is 62.9 Å². The van der Waals surface area contributed by atoms with Crippen LogP contribution in [0.2, 0.25) is 0 Å². The summed E-state index contributed by atoms with van der Waals surface area (Å²) in [6.45, 7) is 1.27. The lowest BCUT2D eigenvalue weighted by molar-refractivity contribution is 0.0991. The summed E-state index contributed by atoms with van der Waals surface area (Å²) in [7, 11) is 3.95. The number of benzene rings is 2. The first-order valence-electron chi connectivity index (χ1n) is 12.7. The number of Topliss-reactive ketones (excluding diaryl/α,β-unsaturated/α-hetero) is 1. The molecule has 41 heavy (non-hydrogen) atoms. The van der Waals surface area contributed by atoms with Crippen LogP contribution in [-0.2, 0) is 6.42 Å². The standard InChI is InChI=1S/C29H26F2N6O4/c1-36(2)14-3-15-40-28-26-25(11-12-32-27(26)34-35-28)41-24-9-4-18(16-22(24)31)17-23(38)21-10-13-33-37(29(21)39)20-7-5-19(30)6-8-20/h4-13,16H,3,14-15,17H2,1-2H3,(H,32,34,35). The number of ether oxygens (including phenoxy) is 2. The molecule has 5 aromatic rings. The molecule has 0 unspecified atom stereocenters. The van der Waals surface area contributed by atoms with Gasteiger partial charge in [0.2, 0.25) is 5.88 Å². The average molecular weight is 561 g/mol. The maximum absolute atomic E-state index is 15.1. The van der Waals surface area contributed by atoms with Gasteiger partial charge in [-0.1, -0.05) is 6.07 Å². The molecule has 0 bridgehead atoms. The van der Waals surface area contributed by atoms with Crippen molar-refractivity contribution in [3.63, 3.8) is 0 Å². The molecule has 210 valence electrons. The fraction of sp³-hybridized carbons (Fsp3) is 0.207. The van der Waals surface area contributed by atoms with Gasteiger partial charge in [0, 0.05) is 31.4 Å². The average Bonchev–Trinajstić information content (AvgIpc) is 3.37. The van der Waals surface area contributed by atoms with E-state index in [4.69, 9.17) is 9.47 Å². The number of nitrogens with zero attached hydrogens (tertiary/aromatic N) is 5. The largest absolute Gasteiger partial charge is 0.476 e. The van der Waals surface area contributed by atoms with Crippen LogP contribution in [0.5, 0.6) is 17.4 Å². The van der Waals surface area contributed by atoms with Gasteiger partial charge in [0.05, 0.1) is 17.9 Å². The minimum atomic E-state index is -0.698. The highest BCUT2D eigenvalue weighted by molar-refractivity contribution is 5.97. The zero-order valence-corrected chi connectivity index (χ0v) is 22.3. The molecule has 5 rings (SSSR count). The number of hydrogen-bond donors (Lipinski definition) is 1. The van der Waals surface area contributed by atoms with Gasteiger partial charge in [-0.15, -0.1) is 5.10 Å². The molecule has 0 radical (unpaired) electrons. The van der Waals surface area contributed by atoms with Gasteiger partial charge in [-0.05, 0) is 68.5 Å². The zero-order valence-electron chi connectivity index (χ0n) is 22.3. The summed E-state index contributed by atoms with van der Waals surface area (Å²) in [5.41, 5.74) is 0.297. The Bertz CT molecular complexity index is 1750. The molecule has 3 heterocycles. The van der Waals surface area contributed by atoms with E-state index in [1.54, 1.807) is 12.1 Å². The van der Waals surface area contributed by atoms with Crippen molar-refractivity contribution in [2.24, 2.45) is 0 Å². The summed E-state index contributed by atoms with van der Waals surface area (Å²) >= 11 is 0. The summed E-state index contributed by atoms with van der Waals surface area (Å²) in [6, 6.07) is 12.2. The molecule has 0 atom stereocenters. The van der Waals surface area contributed by atoms with Gasteiger partial charge >= 0.3 is 0 Å². The lowest BCUT2D eigenvalue weighted by Gasteiger charge is -2.11. The Labute approximate surface area is 233 Å². The Balaban J connectivity index is 1.32. The van der Waals surface area contributed by atoms with E-state index in [-0.39, 0.29) is 17.7 Å². The molecule has 10 nitrogen and oxygen atoms in total. The van der Waals surface area contributed by atoms with Crippen LogP contribution in [0.25, 0.3) is 16.7 Å². The predicted octanol–water partition coefficient (Wildman–Crippen LogP) is 4.33. The number of hydrogen-bond acceptors (Lipinski definition) is 8. The van der Waals surface area contributed by atoms with E-state index < -0.39 is 23.0 Å². The molecule has 1 N–H and O–H groups in total. The Morgan fingerprint density at radius 3 is 2.59 bits per heavy atom. The molecule has 0 aliphatic carbocycles. The third-order valence-electron chi connectivity index (χ3n) is 6.18. The normalized spacial score (nSPS) is 11.2. The van der Waals surface area contributed by atoms with E-state index in [0.29, 0.717) is 40.5 Å². The van der Waals surface area contributed by atoms with E-state index in [1.807, 2.05) is 19.0 Å². The fourth-order valence-corrected chi connectivity index (χ4v) is 4.16. The number of rotatable bonds is 11. The second-order valence-electron chi connectivity index (χ2n) is 9.47. The number of carbonyl (C=O) groups excluding carboxylic acids is 1. The Hall–Kier alpha value is -4.97. The van der Waals surface area contributed by atoms with Crippen LogP contribution in [0.4, 0.5) is 8.78 Å². The van der Waals surface area contributed by atoms with Crippen molar-refractivity contribution in [3.05, 3.63) is 100 Å². The number of aromatic nitrogens is 5. The summed E-state index contributed by atoms with van der Waals surface area (Å²) in [5.74, 6) is -1.16. The smallest absolute Gasteiger partial charge is 0.282 e. The molecule has 0 spiro atoms. The van der Waals surface area contributed by atoms with Crippen LogP contribution >= 0.6 is 0 Å². The number of carbonyl (C=O) groups is 1. The lowest BCUT2D eigenvalue weighted by atomic mass is 10.0. The monoisotopic (exact) mass is 560 g/mol. The first kappa shape index (κ1) is 27.6. The fourth-order valence-electron chi connectivity index (χ4n) is 4.16. The van der Waals surface area contributed by atoms with Crippen molar-refractivity contribution in [1.82, 2.24) is 29.9 Å². The van der Waals surface area contributed by atoms with E-state index in [0.717, 1.165) is 17.6 Å². The van der Waals surface area contributed by atoms with E-state index in [2.05, 4.69) is 20.3 Å². The molecule has 0 saturated heterocycles. The van der Waals surface area contributed by atoms with Crippen molar-refractivity contribution < 1.29 is 23.0 Å². The summed E-state index contributed by atoms with van der Waals surface area (Å²) in [5, 5.41) is 11.4. The van der Waals surface area contributed by atoms with Crippen molar-refractivity contribution in [1.29, 1.82) is 0 Å². The quantitative estimate of drug-likeness (QED) is 0.188. The zero-order chi connectivity index (χ0) is 28.9. The van der Waals surface area contributed by atoms with Crippen LogP contribution in [0.15, 0.2) is 71.8 Å². The Morgan fingerprint density at radius 2 is 1.83 bits per heavy atom. The topological polar surface area (TPSA) is 115 Å². The highest BCUT2D eigenvalue weighted by atomic mass is 19.1. The van der Waals surface area contributed by atoms with Gasteiger partial charge < -0.3 is 14.4 Å². The number of halogens is 2. The molecule has 0 amide bonds. The summed E-state index contributed by atoms with van der Waals surface area (Å²) in [4.78, 5) is 32.1. The second-order valence-corrected chi connectivity index (χ2v) is 9.47. The molecule has 3 aromatic heterocycles. The Kier molecular flexibility index (Phi) is 8.11. The number of aromatic amines is 1. The number of H-pyrrole nitrogens is 1. The minimum Gasteiger partial charge on any atom is -0.476 e. The number of pyridine rings is 1. The maximum atomic E-state index is 15.1. The highest BCUT2D eigenvalue weighted by Crippen LogP contribution is 2.35. The Morgan fingerprint density at radius 1 is 1.02 bits per heavy atom. The van der Waals surface area contributed by atoms with Gasteiger partial charge in [0.15, 0.2) is 23.0 Å². The molecule has 0 aliphatic heterocycles. The van der Waals surface area contributed by atoms with Crippen LogP contribution in [0.1, 0.15) is 22.3 Å². The van der Waals surface area contributed by atoms with E-state index in [9.17, 15) is 14.0 Å². The predicted molar refractivity (Wildman–Crippen MR) is 147 cm³/mol. The molecular formula is C29H26F2N6O4. The van der Waals surface area contributed by atoms with Crippen molar-refractivity contribution in [2.45, 2.75) is 12.8 Å². The number of nitrogens with one attached hydrogen (secondary N) is 1. The first-order chi connectivity index (χ1) is 19.8. The molecular weight excluding hydrogens is 534 g/mol. The van der Waals surface area contributed by atoms with Crippen LogP contribution < -0.4 is 15.0 Å². The first-order valence-corrected chi connectivity index (χ1v) is 12.7. The van der Waals surface area contributed by atoms with Gasteiger partial charge in [0.1, 0.15) is 17.0 Å². The maximum Gasteiger partial charge on any atom is 0.282 e. The van der Waals surface area contributed by atoms with Crippen molar-refractivity contribution in [2.75, 3.05) is 27.2 Å². The van der Waals surface area contributed by atoms with Gasteiger partial charge in [-0.2, -0.15) is 9.78 Å². The summed E-state index contributed by atoms with van der Waals surface area (Å²) < 4.78 is 41.1. The number of fused-ring (bicyclic) bond motifs is 1. The van der Waals surface area contributed by atoms with Gasteiger partial charge in [-0.25, -0.2) is 13.8 Å². The molecule has 2 aromatic carbocycles. The van der Waals surface area contributed by atoms with Crippen LogP contribution in [0, 0.1) is 11.6 Å². The van der Waals surface area contributed by atoms with Gasteiger partial charge in [-0.3, -0.25) is 14.7 Å². The molecule has 12 heteroatoms. The van der Waals surface area contributed by atoms with Crippen LogP contribution in [0.3, 0.4) is 0 Å². The lowest BCUT2D eigenvalue weighted by Crippen LogP contribution is -2.27. The highest BCUT2D eigenvalue weighted by Gasteiger charge is 2.18. The third kappa shape index (κ3) is 6.28. The molecule has 0 aliphatic rings. The number of ketones is 1. The minimum absolute atomic E-state index is 0.0731. The second kappa shape index (κ2) is 12.0. The third-order valence-corrected chi connectivity index (χ3v) is 6.18. The van der Waals surface area contributed by atoms with Crippen molar-refractivity contribution >= 4 is 16.8 Å². The van der Waals surface area contributed by atoms with E-state index in [1.165, 1.54) is 54.9 Å². The van der Waals surface area contributed by atoms with Crippen molar-refractivity contribution in [3.8, 4) is 23.1 Å². The molecule has 0 fully saturated rings. The SMILES string of the molecule is CN(C)CCCOc1n[nH]c2nccc(Oc3ccc(CC(=O)c4ccnn(-c5ccc(F)cc5)c4=O)cc3F)c12. The summed E-state index contributed by atoms with van der Waals surface area (Å²) in [6.07, 6.45) is 3.36. The van der Waals surface area contributed by atoms with E-state index >= 15 is 4.39 Å².